The van der Waals surface area contributed by atoms with Gasteiger partial charge in [0.1, 0.15) is 5.70 Å². The van der Waals surface area contributed by atoms with E-state index in [9.17, 15) is 9.59 Å². The maximum absolute atomic E-state index is 12.8. The second kappa shape index (κ2) is 6.76. The smallest absolute Gasteiger partial charge is 0.333 e. The topological polar surface area (TPSA) is 54.3 Å². The van der Waals surface area contributed by atoms with Crippen LogP contribution in [0.5, 0.6) is 0 Å². The molecule has 0 radical (unpaired) electrons. The summed E-state index contributed by atoms with van der Waals surface area (Å²) in [7, 11) is 0. The number of carbonyl (C=O) groups excluding carboxylic acids is 2. The highest BCUT2D eigenvalue weighted by Crippen LogP contribution is 2.29. The maximum Gasteiger partial charge on any atom is 0.333 e. The average molecular weight is 359 g/mol. The summed E-state index contributed by atoms with van der Waals surface area (Å²) in [6.07, 6.45) is 4.83. The van der Waals surface area contributed by atoms with Gasteiger partial charge in [-0.05, 0) is 37.6 Å². The third-order valence-electron chi connectivity index (χ3n) is 5.03. The minimum atomic E-state index is -0.428. The second-order valence-electron chi connectivity index (χ2n) is 6.73. The molecule has 136 valence electrons. The number of fused-ring (bicyclic) bond motifs is 1. The van der Waals surface area contributed by atoms with Gasteiger partial charge in [-0.3, -0.25) is 4.79 Å². The first kappa shape index (κ1) is 17.1. The SMILES string of the molecule is CC[C@H](C)n1cc(/C=C2/NC(=O)N(c3ccccc3)C2=O)c2ccccc21. The minimum absolute atomic E-state index is 0.288. The van der Waals surface area contributed by atoms with Crippen LogP contribution in [0.4, 0.5) is 10.5 Å². The molecule has 1 aliphatic heterocycles. The molecule has 4 rings (SSSR count). The molecule has 0 bridgehead atoms. The number of para-hydroxylation sites is 2. The van der Waals surface area contributed by atoms with Crippen molar-refractivity contribution in [2.24, 2.45) is 0 Å². The van der Waals surface area contributed by atoms with E-state index >= 15 is 0 Å². The summed E-state index contributed by atoms with van der Waals surface area (Å²) < 4.78 is 2.22. The van der Waals surface area contributed by atoms with Crippen molar-refractivity contribution in [1.29, 1.82) is 0 Å². The first-order chi connectivity index (χ1) is 13.1. The summed E-state index contributed by atoms with van der Waals surface area (Å²) in [5.74, 6) is -0.341. The van der Waals surface area contributed by atoms with E-state index < -0.39 is 6.03 Å². The van der Waals surface area contributed by atoms with Crippen molar-refractivity contribution in [1.82, 2.24) is 9.88 Å². The van der Waals surface area contributed by atoms with E-state index in [2.05, 4.69) is 36.0 Å². The van der Waals surface area contributed by atoms with Crippen LogP contribution in [0.15, 0.2) is 66.5 Å². The Kier molecular flexibility index (Phi) is 4.28. The number of urea groups is 1. The Hall–Kier alpha value is -3.34. The zero-order chi connectivity index (χ0) is 19.0. The zero-order valence-corrected chi connectivity index (χ0v) is 15.3. The maximum atomic E-state index is 12.8. The van der Waals surface area contributed by atoms with Crippen molar-refractivity contribution >= 4 is 34.6 Å². The molecule has 2 heterocycles. The van der Waals surface area contributed by atoms with Gasteiger partial charge in [0, 0.05) is 28.7 Å². The Morgan fingerprint density at radius 3 is 2.48 bits per heavy atom. The van der Waals surface area contributed by atoms with E-state index in [0.717, 1.165) is 22.9 Å². The van der Waals surface area contributed by atoms with Gasteiger partial charge in [-0.25, -0.2) is 9.69 Å². The van der Waals surface area contributed by atoms with Gasteiger partial charge in [0.25, 0.3) is 5.91 Å². The van der Waals surface area contributed by atoms with E-state index in [0.29, 0.717) is 11.7 Å². The fourth-order valence-corrected chi connectivity index (χ4v) is 3.41. The van der Waals surface area contributed by atoms with Crippen molar-refractivity contribution in [3.63, 3.8) is 0 Å². The highest BCUT2D eigenvalue weighted by Gasteiger charge is 2.34. The van der Waals surface area contributed by atoms with Crippen LogP contribution in [-0.4, -0.2) is 16.5 Å². The molecule has 1 aromatic heterocycles. The monoisotopic (exact) mass is 359 g/mol. The largest absolute Gasteiger partial charge is 0.344 e. The number of nitrogens with zero attached hydrogens (tertiary/aromatic N) is 2. The molecular weight excluding hydrogens is 338 g/mol. The van der Waals surface area contributed by atoms with Crippen LogP contribution in [0.2, 0.25) is 0 Å². The van der Waals surface area contributed by atoms with Crippen molar-refractivity contribution in [3.8, 4) is 0 Å². The molecule has 2 aromatic carbocycles. The van der Waals surface area contributed by atoms with Gasteiger partial charge < -0.3 is 9.88 Å². The number of imide groups is 1. The molecule has 3 aromatic rings. The van der Waals surface area contributed by atoms with Crippen molar-refractivity contribution < 1.29 is 9.59 Å². The van der Waals surface area contributed by atoms with E-state index in [1.54, 1.807) is 30.3 Å². The van der Waals surface area contributed by atoms with Crippen LogP contribution in [0, 0.1) is 0 Å². The minimum Gasteiger partial charge on any atom is -0.344 e. The highest BCUT2D eigenvalue weighted by molar-refractivity contribution is 6.28. The summed E-state index contributed by atoms with van der Waals surface area (Å²) in [5.41, 5.74) is 2.89. The van der Waals surface area contributed by atoms with Gasteiger partial charge in [0.05, 0.1) is 5.69 Å². The predicted octanol–water partition coefficient (Wildman–Crippen LogP) is 4.71. The van der Waals surface area contributed by atoms with Gasteiger partial charge in [-0.2, -0.15) is 0 Å². The molecule has 0 unspecified atom stereocenters. The van der Waals surface area contributed by atoms with Gasteiger partial charge >= 0.3 is 6.03 Å². The Balaban J connectivity index is 1.77. The molecule has 0 aliphatic carbocycles. The lowest BCUT2D eigenvalue weighted by Crippen LogP contribution is -2.30. The molecule has 5 nitrogen and oxygen atoms in total. The lowest BCUT2D eigenvalue weighted by Gasteiger charge is -2.12. The number of hydrogen-bond donors (Lipinski definition) is 1. The molecule has 1 aliphatic rings. The summed E-state index contributed by atoms with van der Waals surface area (Å²) >= 11 is 0. The average Bonchev–Trinajstić information content (AvgIpc) is 3.19. The number of amides is 3. The number of hydrogen-bond acceptors (Lipinski definition) is 2. The number of carbonyl (C=O) groups is 2. The highest BCUT2D eigenvalue weighted by atomic mass is 16.2. The van der Waals surface area contributed by atoms with Crippen LogP contribution in [0.3, 0.4) is 0 Å². The van der Waals surface area contributed by atoms with E-state index in [-0.39, 0.29) is 11.6 Å². The van der Waals surface area contributed by atoms with Crippen LogP contribution < -0.4 is 10.2 Å². The van der Waals surface area contributed by atoms with E-state index in [1.807, 2.05) is 24.3 Å². The van der Waals surface area contributed by atoms with E-state index in [4.69, 9.17) is 0 Å². The lowest BCUT2D eigenvalue weighted by molar-refractivity contribution is -0.113. The number of aromatic nitrogens is 1. The van der Waals surface area contributed by atoms with Crippen molar-refractivity contribution in [3.05, 3.63) is 72.1 Å². The van der Waals surface area contributed by atoms with Gasteiger partial charge in [0.2, 0.25) is 0 Å². The summed E-state index contributed by atoms with van der Waals surface area (Å²) in [6.45, 7) is 4.32. The molecule has 0 spiro atoms. The van der Waals surface area contributed by atoms with Gasteiger partial charge in [-0.15, -0.1) is 0 Å². The molecule has 3 amide bonds. The quantitative estimate of drug-likeness (QED) is 0.542. The second-order valence-corrected chi connectivity index (χ2v) is 6.73. The third-order valence-corrected chi connectivity index (χ3v) is 5.03. The van der Waals surface area contributed by atoms with Crippen LogP contribution >= 0.6 is 0 Å². The molecule has 1 saturated heterocycles. The zero-order valence-electron chi connectivity index (χ0n) is 15.3. The fraction of sp³-hybridized carbons (Fsp3) is 0.182. The summed E-state index contributed by atoms with van der Waals surface area (Å²) in [5, 5.41) is 3.77. The van der Waals surface area contributed by atoms with E-state index in [1.165, 1.54) is 4.90 Å². The number of anilines is 1. The van der Waals surface area contributed by atoms with Gasteiger partial charge in [-0.1, -0.05) is 43.3 Å². The molecule has 1 atom stereocenters. The summed E-state index contributed by atoms with van der Waals surface area (Å²) in [6, 6.07) is 17.0. The Morgan fingerprint density at radius 2 is 1.74 bits per heavy atom. The van der Waals surface area contributed by atoms with Crippen LogP contribution in [-0.2, 0) is 4.79 Å². The van der Waals surface area contributed by atoms with Crippen LogP contribution in [0.1, 0.15) is 31.9 Å². The number of benzene rings is 2. The molecule has 1 fully saturated rings. The Labute approximate surface area is 157 Å². The molecule has 1 N–H and O–H groups in total. The molecular formula is C22H21N3O2. The predicted molar refractivity (Wildman–Crippen MR) is 107 cm³/mol. The standard InChI is InChI=1S/C22H21N3O2/c1-3-15(2)24-14-16(18-11-7-8-12-20(18)24)13-19-21(26)25(22(27)23-19)17-9-5-4-6-10-17/h4-15H,3H2,1-2H3,(H,23,27)/b19-13+/t15-/m0/s1. The first-order valence-electron chi connectivity index (χ1n) is 9.12. The molecule has 0 saturated carbocycles. The Bertz CT molecular complexity index is 1050. The number of rotatable bonds is 4. The first-order valence-corrected chi connectivity index (χ1v) is 9.12. The molecule has 5 heteroatoms. The molecule has 27 heavy (non-hydrogen) atoms. The van der Waals surface area contributed by atoms with Crippen LogP contribution in [0.25, 0.3) is 17.0 Å². The number of nitrogens with one attached hydrogen (secondary N) is 1. The van der Waals surface area contributed by atoms with Crippen molar-refractivity contribution in [2.45, 2.75) is 26.3 Å². The summed E-state index contributed by atoms with van der Waals surface area (Å²) in [4.78, 5) is 26.3. The lowest BCUT2D eigenvalue weighted by atomic mass is 10.1. The third kappa shape index (κ3) is 2.91. The fourth-order valence-electron chi connectivity index (χ4n) is 3.41. The van der Waals surface area contributed by atoms with Crippen molar-refractivity contribution in [2.75, 3.05) is 4.90 Å². The normalized spacial score (nSPS) is 17.0. The van der Waals surface area contributed by atoms with Gasteiger partial charge in [0.15, 0.2) is 0 Å². The Morgan fingerprint density at radius 1 is 1.04 bits per heavy atom.